The number of aliphatic hydroxyl groups is 1. The first-order valence-electron chi connectivity index (χ1n) is 10.2. The molecule has 2 amide bonds. The minimum Gasteiger partial charge on any atom is -0.491 e. The number of ether oxygens (including phenoxy) is 3. The fourth-order valence-corrected chi connectivity index (χ4v) is 2.52. The average Bonchev–Trinajstić information content (AvgIpc) is 2.72. The van der Waals surface area contributed by atoms with Crippen LogP contribution >= 0.6 is 0 Å². The summed E-state index contributed by atoms with van der Waals surface area (Å²) in [7, 11) is 0. The summed E-state index contributed by atoms with van der Waals surface area (Å²) in [6.07, 6.45) is -0.696. The molecule has 1 saturated heterocycles. The van der Waals surface area contributed by atoms with Crippen molar-refractivity contribution in [2.45, 2.75) is 26.9 Å². The number of hydrogen-bond donors (Lipinski definition) is 3. The topological polar surface area (TPSA) is 109 Å². The number of nitrogens with zero attached hydrogens (tertiary/aromatic N) is 1. The lowest BCUT2D eigenvalue weighted by molar-refractivity contribution is -0.143. The Morgan fingerprint density at radius 1 is 1.13 bits per heavy atom. The molecule has 168 valence electrons. The summed E-state index contributed by atoms with van der Waals surface area (Å²) in [6, 6.07) is 6.58. The molecule has 1 fully saturated rings. The van der Waals surface area contributed by atoms with Gasteiger partial charge in [-0.1, -0.05) is 0 Å². The van der Waals surface area contributed by atoms with Gasteiger partial charge in [0.25, 0.3) is 0 Å². The van der Waals surface area contributed by atoms with E-state index in [1.807, 2.05) is 0 Å². The van der Waals surface area contributed by atoms with Crippen LogP contribution in [0.5, 0.6) is 11.5 Å². The molecule has 9 nitrogen and oxygen atoms in total. The van der Waals surface area contributed by atoms with Crippen LogP contribution in [0.1, 0.15) is 20.8 Å². The number of esters is 1. The number of carbonyl (C=O) groups is 2. The monoisotopic (exact) mass is 423 g/mol. The van der Waals surface area contributed by atoms with Crippen molar-refractivity contribution in [1.29, 1.82) is 0 Å². The molecular formula is C21H33N3O6. The molecule has 2 rings (SSSR count). The van der Waals surface area contributed by atoms with Gasteiger partial charge in [0.2, 0.25) is 0 Å². The molecule has 0 spiro atoms. The predicted molar refractivity (Wildman–Crippen MR) is 112 cm³/mol. The summed E-state index contributed by atoms with van der Waals surface area (Å²) in [5.74, 6) is 0.713. The highest BCUT2D eigenvalue weighted by atomic mass is 16.5. The van der Waals surface area contributed by atoms with Gasteiger partial charge in [0.15, 0.2) is 0 Å². The van der Waals surface area contributed by atoms with Gasteiger partial charge in [-0.15, -0.1) is 0 Å². The zero-order valence-electron chi connectivity index (χ0n) is 18.0. The van der Waals surface area contributed by atoms with E-state index in [1.165, 1.54) is 0 Å². The van der Waals surface area contributed by atoms with E-state index in [0.29, 0.717) is 57.4 Å². The fourth-order valence-electron chi connectivity index (χ4n) is 2.52. The molecule has 0 aromatic heterocycles. The molecule has 1 aliphatic heterocycles. The molecule has 1 aliphatic rings. The van der Waals surface area contributed by atoms with Gasteiger partial charge < -0.3 is 34.9 Å². The van der Waals surface area contributed by atoms with Crippen LogP contribution in [0.25, 0.3) is 0 Å². The second-order valence-corrected chi connectivity index (χ2v) is 8.11. The smallest absolute Gasteiger partial charge is 0.317 e. The number of rotatable bonds is 9. The van der Waals surface area contributed by atoms with E-state index in [4.69, 9.17) is 14.2 Å². The van der Waals surface area contributed by atoms with Crippen molar-refractivity contribution in [1.82, 2.24) is 15.5 Å². The molecule has 1 heterocycles. The maximum atomic E-state index is 11.9. The third-order valence-corrected chi connectivity index (χ3v) is 4.35. The quantitative estimate of drug-likeness (QED) is 0.309. The number of carbonyl (C=O) groups excluding carboxylic acids is 2. The van der Waals surface area contributed by atoms with E-state index in [1.54, 1.807) is 49.9 Å². The molecule has 30 heavy (non-hydrogen) atoms. The number of benzene rings is 1. The Balaban J connectivity index is 1.57. The van der Waals surface area contributed by atoms with Crippen LogP contribution in [-0.4, -0.2) is 80.7 Å². The SMILES string of the molecule is CC(C)(C)C(=O)Oc1ccc(OC[C@@H](O)CNCCNC(=O)N2CCOCC2)cc1. The first-order valence-corrected chi connectivity index (χ1v) is 10.2. The lowest BCUT2D eigenvalue weighted by Crippen LogP contribution is -2.47. The normalized spacial score (nSPS) is 15.4. The van der Waals surface area contributed by atoms with Gasteiger partial charge >= 0.3 is 12.0 Å². The van der Waals surface area contributed by atoms with Crippen molar-refractivity contribution in [3.8, 4) is 11.5 Å². The molecule has 1 atom stereocenters. The number of urea groups is 1. The molecular weight excluding hydrogens is 390 g/mol. The van der Waals surface area contributed by atoms with Gasteiger partial charge in [-0.2, -0.15) is 0 Å². The zero-order chi connectivity index (χ0) is 22.0. The second kappa shape index (κ2) is 11.7. The summed E-state index contributed by atoms with van der Waals surface area (Å²) in [5.41, 5.74) is -0.572. The largest absolute Gasteiger partial charge is 0.491 e. The number of amides is 2. The van der Waals surface area contributed by atoms with Crippen LogP contribution in [-0.2, 0) is 9.53 Å². The Hall–Kier alpha value is -2.36. The van der Waals surface area contributed by atoms with Gasteiger partial charge in [0, 0.05) is 32.7 Å². The third kappa shape index (κ3) is 8.56. The molecule has 9 heteroatoms. The first-order chi connectivity index (χ1) is 14.3. The van der Waals surface area contributed by atoms with Crippen LogP contribution in [0, 0.1) is 5.41 Å². The lowest BCUT2D eigenvalue weighted by atomic mass is 9.97. The first kappa shape index (κ1) is 23.9. The average molecular weight is 424 g/mol. The van der Waals surface area contributed by atoms with Crippen LogP contribution < -0.4 is 20.1 Å². The van der Waals surface area contributed by atoms with Crippen molar-refractivity contribution in [2.75, 3.05) is 52.5 Å². The van der Waals surface area contributed by atoms with E-state index in [0.717, 1.165) is 0 Å². The molecule has 0 unspecified atom stereocenters. The van der Waals surface area contributed by atoms with E-state index in [9.17, 15) is 14.7 Å². The molecule has 0 bridgehead atoms. The lowest BCUT2D eigenvalue weighted by Gasteiger charge is -2.27. The summed E-state index contributed by atoms with van der Waals surface area (Å²) in [4.78, 5) is 25.5. The van der Waals surface area contributed by atoms with E-state index >= 15 is 0 Å². The number of nitrogens with one attached hydrogen (secondary N) is 2. The molecule has 1 aromatic carbocycles. The zero-order valence-corrected chi connectivity index (χ0v) is 18.0. The Bertz CT molecular complexity index is 668. The number of aliphatic hydroxyl groups excluding tert-OH is 1. The molecule has 1 aromatic rings. The molecule has 0 saturated carbocycles. The maximum absolute atomic E-state index is 11.9. The van der Waals surface area contributed by atoms with E-state index < -0.39 is 11.5 Å². The number of morpholine rings is 1. The van der Waals surface area contributed by atoms with Gasteiger partial charge in [0.05, 0.1) is 18.6 Å². The fraction of sp³-hybridized carbons (Fsp3) is 0.619. The van der Waals surface area contributed by atoms with Crippen molar-refractivity contribution >= 4 is 12.0 Å². The molecule has 3 N–H and O–H groups in total. The van der Waals surface area contributed by atoms with E-state index in [-0.39, 0.29) is 18.6 Å². The standard InChI is InChI=1S/C21H33N3O6/c1-21(2,3)19(26)30-18-6-4-17(5-7-18)29-15-16(25)14-22-8-9-23-20(27)24-10-12-28-13-11-24/h4-7,16,22,25H,8-15H2,1-3H3,(H,23,27)/t16-/m0/s1. The second-order valence-electron chi connectivity index (χ2n) is 8.11. The van der Waals surface area contributed by atoms with Gasteiger partial charge in [-0.25, -0.2) is 4.79 Å². The van der Waals surface area contributed by atoms with Gasteiger partial charge in [-0.3, -0.25) is 4.79 Å². The van der Waals surface area contributed by atoms with Crippen molar-refractivity contribution < 1.29 is 28.9 Å². The van der Waals surface area contributed by atoms with Crippen LogP contribution in [0.2, 0.25) is 0 Å². The molecule has 0 radical (unpaired) electrons. The summed E-state index contributed by atoms with van der Waals surface area (Å²) >= 11 is 0. The summed E-state index contributed by atoms with van der Waals surface area (Å²) in [5, 5.41) is 15.9. The minimum atomic E-state index is -0.696. The minimum absolute atomic E-state index is 0.0967. The van der Waals surface area contributed by atoms with Crippen LogP contribution in [0.15, 0.2) is 24.3 Å². The summed E-state index contributed by atoms with van der Waals surface area (Å²) < 4.78 is 16.1. The highest BCUT2D eigenvalue weighted by Crippen LogP contribution is 2.22. The highest BCUT2D eigenvalue weighted by molar-refractivity contribution is 5.77. The maximum Gasteiger partial charge on any atom is 0.317 e. The Labute approximate surface area is 177 Å². The Morgan fingerprint density at radius 3 is 2.40 bits per heavy atom. The van der Waals surface area contributed by atoms with Crippen molar-refractivity contribution in [3.05, 3.63) is 24.3 Å². The summed E-state index contributed by atoms with van der Waals surface area (Å²) in [6.45, 7) is 9.21. The predicted octanol–water partition coefficient (Wildman–Crippen LogP) is 1.01. The number of hydrogen-bond acceptors (Lipinski definition) is 7. The highest BCUT2D eigenvalue weighted by Gasteiger charge is 2.23. The van der Waals surface area contributed by atoms with Crippen molar-refractivity contribution in [3.63, 3.8) is 0 Å². The van der Waals surface area contributed by atoms with E-state index in [2.05, 4.69) is 10.6 Å². The van der Waals surface area contributed by atoms with Crippen molar-refractivity contribution in [2.24, 2.45) is 5.41 Å². The van der Waals surface area contributed by atoms with Crippen LogP contribution in [0.3, 0.4) is 0 Å². The Kier molecular flexibility index (Phi) is 9.35. The van der Waals surface area contributed by atoms with Crippen LogP contribution in [0.4, 0.5) is 4.79 Å². The Morgan fingerprint density at radius 2 is 1.77 bits per heavy atom. The molecule has 0 aliphatic carbocycles. The van der Waals surface area contributed by atoms with Gasteiger partial charge in [-0.05, 0) is 45.0 Å². The van der Waals surface area contributed by atoms with Gasteiger partial charge in [0.1, 0.15) is 24.2 Å². The third-order valence-electron chi connectivity index (χ3n) is 4.35.